The van der Waals surface area contributed by atoms with Crippen LogP contribution in [0.15, 0.2) is 0 Å². The molecule has 0 aromatic rings. The van der Waals surface area contributed by atoms with Crippen LogP contribution in [0.25, 0.3) is 0 Å². The number of hydrogen-bond donors (Lipinski definition) is 1. The molecule has 4 rings (SSSR count). The summed E-state index contributed by atoms with van der Waals surface area (Å²) >= 11 is 0. The third-order valence-electron chi connectivity index (χ3n) is 11.2. The molecule has 0 amide bonds. The van der Waals surface area contributed by atoms with Gasteiger partial charge in [0.15, 0.2) is 0 Å². The Morgan fingerprint density at radius 2 is 1.56 bits per heavy atom. The molecule has 4 heteroatoms. The van der Waals surface area contributed by atoms with Crippen molar-refractivity contribution in [3.05, 3.63) is 0 Å². The quantitative estimate of drug-likeness (QED) is 0.439. The minimum absolute atomic E-state index is 0.163. The summed E-state index contributed by atoms with van der Waals surface area (Å²) in [6, 6.07) is 0.163. The van der Waals surface area contributed by atoms with Crippen molar-refractivity contribution in [2.24, 2.45) is 52.3 Å². The summed E-state index contributed by atoms with van der Waals surface area (Å²) < 4.78 is 26.5. The number of rotatable bonds is 7. The van der Waals surface area contributed by atoms with Crippen molar-refractivity contribution in [1.29, 1.82) is 0 Å². The van der Waals surface area contributed by atoms with Gasteiger partial charge in [0.05, 0.1) is 6.26 Å². The minimum Gasteiger partial charge on any atom is -0.213 e. The van der Waals surface area contributed by atoms with E-state index in [4.69, 9.17) is 0 Å². The first-order chi connectivity index (χ1) is 14.9. The predicted molar refractivity (Wildman–Crippen MR) is 135 cm³/mol. The second-order valence-corrected chi connectivity index (χ2v) is 15.3. The molecule has 0 saturated heterocycles. The monoisotopic (exact) mass is 465 g/mol. The lowest BCUT2D eigenvalue weighted by molar-refractivity contribution is -0.117. The van der Waals surface area contributed by atoms with Crippen LogP contribution in [-0.4, -0.2) is 20.7 Å². The molecule has 0 radical (unpaired) electrons. The molecule has 4 fully saturated rings. The van der Waals surface area contributed by atoms with E-state index in [1.54, 1.807) is 0 Å². The molecule has 9 atom stereocenters. The Balaban J connectivity index is 1.43. The van der Waals surface area contributed by atoms with E-state index in [1.165, 1.54) is 70.5 Å². The van der Waals surface area contributed by atoms with Crippen molar-refractivity contribution >= 4 is 10.0 Å². The molecule has 0 aromatic heterocycles. The summed E-state index contributed by atoms with van der Waals surface area (Å²) in [4.78, 5) is 0. The third kappa shape index (κ3) is 4.70. The molecule has 4 saturated carbocycles. The molecule has 0 bridgehead atoms. The Bertz CT molecular complexity index is 763. The second kappa shape index (κ2) is 9.17. The van der Waals surface area contributed by atoms with Gasteiger partial charge in [-0.05, 0) is 110 Å². The largest absolute Gasteiger partial charge is 0.213 e. The van der Waals surface area contributed by atoms with Crippen molar-refractivity contribution in [1.82, 2.24) is 4.72 Å². The van der Waals surface area contributed by atoms with E-state index < -0.39 is 10.0 Å². The first-order valence-corrected chi connectivity index (χ1v) is 15.8. The van der Waals surface area contributed by atoms with Gasteiger partial charge in [-0.15, -0.1) is 0 Å². The summed E-state index contributed by atoms with van der Waals surface area (Å²) in [5.74, 6) is 6.07. The van der Waals surface area contributed by atoms with Crippen LogP contribution in [0.2, 0.25) is 0 Å². The summed E-state index contributed by atoms with van der Waals surface area (Å²) in [7, 11) is -3.10. The minimum atomic E-state index is -3.10. The van der Waals surface area contributed by atoms with Gasteiger partial charge in [-0.1, -0.05) is 53.9 Å². The number of sulfonamides is 1. The fraction of sp³-hybridized carbons (Fsp3) is 1.00. The van der Waals surface area contributed by atoms with Gasteiger partial charge in [0.1, 0.15) is 0 Å². The summed E-state index contributed by atoms with van der Waals surface area (Å²) in [5, 5.41) is 0. The van der Waals surface area contributed by atoms with E-state index in [9.17, 15) is 8.42 Å². The maximum absolute atomic E-state index is 11.8. The van der Waals surface area contributed by atoms with E-state index >= 15 is 0 Å². The highest BCUT2D eigenvalue weighted by Crippen LogP contribution is 2.68. The Morgan fingerprint density at radius 1 is 0.875 bits per heavy atom. The van der Waals surface area contributed by atoms with Crippen LogP contribution >= 0.6 is 0 Å². The lowest BCUT2D eigenvalue weighted by Gasteiger charge is -2.61. The Labute approximate surface area is 199 Å². The molecule has 32 heavy (non-hydrogen) atoms. The van der Waals surface area contributed by atoms with Crippen LogP contribution < -0.4 is 4.72 Å². The Kier molecular flexibility index (Phi) is 7.17. The highest BCUT2D eigenvalue weighted by Gasteiger charge is 2.60. The molecule has 1 N–H and O–H groups in total. The third-order valence-corrected chi connectivity index (χ3v) is 12.0. The lowest BCUT2D eigenvalue weighted by atomic mass is 9.44. The van der Waals surface area contributed by atoms with Gasteiger partial charge in [-0.25, -0.2) is 13.1 Å². The average Bonchev–Trinajstić information content (AvgIpc) is 3.04. The maximum Gasteiger partial charge on any atom is 0.208 e. The van der Waals surface area contributed by atoms with Gasteiger partial charge in [-0.2, -0.15) is 0 Å². The van der Waals surface area contributed by atoms with E-state index in [-0.39, 0.29) is 6.04 Å². The molecule has 4 aliphatic rings. The van der Waals surface area contributed by atoms with Gasteiger partial charge < -0.3 is 0 Å². The predicted octanol–water partition coefficient (Wildman–Crippen LogP) is 7.03. The van der Waals surface area contributed by atoms with E-state index in [0.717, 1.165) is 48.3 Å². The molecule has 4 aliphatic carbocycles. The molecule has 3 nitrogen and oxygen atoms in total. The summed E-state index contributed by atoms with van der Waals surface area (Å²) in [6.45, 7) is 12.6. The van der Waals surface area contributed by atoms with Crippen LogP contribution in [0, 0.1) is 52.3 Å². The van der Waals surface area contributed by atoms with E-state index in [0.29, 0.717) is 16.7 Å². The van der Waals surface area contributed by atoms with Gasteiger partial charge in [0.2, 0.25) is 10.0 Å². The van der Waals surface area contributed by atoms with Crippen molar-refractivity contribution in [2.45, 2.75) is 118 Å². The lowest BCUT2D eigenvalue weighted by Crippen LogP contribution is -2.55. The van der Waals surface area contributed by atoms with Crippen molar-refractivity contribution in [2.75, 3.05) is 6.26 Å². The normalized spacial score (nSPS) is 45.2. The van der Waals surface area contributed by atoms with Crippen LogP contribution in [0.4, 0.5) is 0 Å². The molecule has 0 spiro atoms. The zero-order valence-electron chi connectivity index (χ0n) is 21.8. The number of fused-ring (bicyclic) bond motifs is 5. The standard InChI is InChI=1S/C28H51NO2S/c1-19(2)8-7-9-20(3)24-12-13-25-23-11-10-21-18-22(29-32(6,30)31)14-16-27(21,4)26(23)15-17-28(24,25)5/h19-26,29H,7-18H2,1-6H3/t20-,21-,22-,23-,24+,25-,26-,27-,28+/m0/s1. The van der Waals surface area contributed by atoms with Gasteiger partial charge in [0.25, 0.3) is 0 Å². The van der Waals surface area contributed by atoms with E-state index in [2.05, 4.69) is 39.3 Å². The average molecular weight is 466 g/mol. The fourth-order valence-corrected chi connectivity index (χ4v) is 10.5. The van der Waals surface area contributed by atoms with Gasteiger partial charge in [0, 0.05) is 6.04 Å². The van der Waals surface area contributed by atoms with Crippen LogP contribution in [0.1, 0.15) is 112 Å². The fourth-order valence-electron chi connectivity index (χ4n) is 9.69. The van der Waals surface area contributed by atoms with Crippen LogP contribution in [0.3, 0.4) is 0 Å². The number of hydrogen-bond acceptors (Lipinski definition) is 2. The van der Waals surface area contributed by atoms with E-state index in [1.807, 2.05) is 0 Å². The molecular weight excluding hydrogens is 414 g/mol. The maximum atomic E-state index is 11.8. The molecule has 0 unspecified atom stereocenters. The Hall–Kier alpha value is -0.0900. The van der Waals surface area contributed by atoms with Gasteiger partial charge in [-0.3, -0.25) is 0 Å². The SMILES string of the molecule is CC(C)CCC[C@H](C)[C@H]1CC[C@H]2[C@@H]3CC[C@H]4C[C@@H](NS(C)(=O)=O)CC[C@]4(C)[C@H]3CC[C@]12C. The molecular formula is C28H51NO2S. The molecule has 0 aliphatic heterocycles. The van der Waals surface area contributed by atoms with Crippen molar-refractivity contribution in [3.8, 4) is 0 Å². The Morgan fingerprint density at radius 3 is 2.25 bits per heavy atom. The highest BCUT2D eigenvalue weighted by atomic mass is 32.2. The summed E-state index contributed by atoms with van der Waals surface area (Å²) in [5.41, 5.74) is 0.998. The number of nitrogens with one attached hydrogen (secondary N) is 1. The van der Waals surface area contributed by atoms with Crippen LogP contribution in [0.5, 0.6) is 0 Å². The molecule has 0 aromatic carbocycles. The zero-order chi connectivity index (χ0) is 23.3. The van der Waals surface area contributed by atoms with Crippen LogP contribution in [-0.2, 0) is 10.0 Å². The van der Waals surface area contributed by atoms with Crippen molar-refractivity contribution < 1.29 is 8.42 Å². The summed E-state index contributed by atoms with van der Waals surface area (Å²) in [6.07, 6.45) is 17.3. The smallest absolute Gasteiger partial charge is 0.208 e. The topological polar surface area (TPSA) is 46.2 Å². The molecule has 186 valence electrons. The van der Waals surface area contributed by atoms with Gasteiger partial charge >= 0.3 is 0 Å². The molecule has 0 heterocycles. The van der Waals surface area contributed by atoms with Crippen molar-refractivity contribution in [3.63, 3.8) is 0 Å². The first-order valence-electron chi connectivity index (χ1n) is 13.9. The second-order valence-electron chi connectivity index (χ2n) is 13.5. The highest BCUT2D eigenvalue weighted by molar-refractivity contribution is 7.88. The zero-order valence-corrected chi connectivity index (χ0v) is 22.6. The first kappa shape index (κ1) is 25.0.